The number of hydrogen-bond acceptors (Lipinski definition) is 6. The summed E-state index contributed by atoms with van der Waals surface area (Å²) in [6.45, 7) is 6.86. The van der Waals surface area contributed by atoms with Crippen LogP contribution in [0.2, 0.25) is 0 Å². The predicted octanol–water partition coefficient (Wildman–Crippen LogP) is 2.75. The van der Waals surface area contributed by atoms with Crippen LogP contribution in [-0.4, -0.2) is 38.3 Å². The molecule has 0 unspecified atom stereocenters. The topological polar surface area (TPSA) is 100 Å². The highest BCUT2D eigenvalue weighted by molar-refractivity contribution is 14.1. The molecule has 1 aromatic rings. The molecule has 0 saturated heterocycles. The summed E-state index contributed by atoms with van der Waals surface area (Å²) in [5.41, 5.74) is 0.571. The zero-order valence-electron chi connectivity index (χ0n) is 13.5. The van der Waals surface area contributed by atoms with Gasteiger partial charge in [0.1, 0.15) is 5.69 Å². The van der Waals surface area contributed by atoms with E-state index in [1.807, 2.05) is 28.7 Å². The van der Waals surface area contributed by atoms with Gasteiger partial charge in [-0.25, -0.2) is 0 Å². The average molecular weight is 432 g/mol. The van der Waals surface area contributed by atoms with Gasteiger partial charge in [-0.05, 0) is 34.1 Å². The van der Waals surface area contributed by atoms with Crippen molar-refractivity contribution in [2.45, 2.75) is 13.8 Å². The number of methoxy groups -OCH3 is 1. The molecule has 0 radical (unpaired) electrons. The van der Waals surface area contributed by atoms with Gasteiger partial charge < -0.3 is 15.4 Å². The number of nitro groups is 1. The van der Waals surface area contributed by atoms with E-state index in [4.69, 9.17) is 10.00 Å². The molecular formula is C15H21IN4O3. The fourth-order valence-corrected chi connectivity index (χ4v) is 2.77. The highest BCUT2D eigenvalue weighted by atomic mass is 127. The van der Waals surface area contributed by atoms with Gasteiger partial charge in [0, 0.05) is 36.4 Å². The number of halogens is 1. The van der Waals surface area contributed by atoms with E-state index < -0.39 is 4.92 Å². The summed E-state index contributed by atoms with van der Waals surface area (Å²) in [7, 11) is 1.65. The van der Waals surface area contributed by atoms with Crippen molar-refractivity contribution in [2.75, 3.05) is 38.7 Å². The van der Waals surface area contributed by atoms with Crippen LogP contribution in [0.25, 0.3) is 0 Å². The second-order valence-corrected chi connectivity index (χ2v) is 7.07. The maximum Gasteiger partial charge on any atom is 0.294 e. The van der Waals surface area contributed by atoms with Gasteiger partial charge in [-0.15, -0.1) is 0 Å². The summed E-state index contributed by atoms with van der Waals surface area (Å²) >= 11 is 2.01. The smallest absolute Gasteiger partial charge is 0.294 e. The molecule has 0 fully saturated rings. The quantitative estimate of drug-likeness (QED) is 0.270. The molecule has 7 nitrogen and oxygen atoms in total. The third-order valence-electron chi connectivity index (χ3n) is 3.23. The van der Waals surface area contributed by atoms with Crippen LogP contribution in [0.5, 0.6) is 0 Å². The maximum absolute atomic E-state index is 11.2. The van der Waals surface area contributed by atoms with E-state index in [-0.39, 0.29) is 16.7 Å². The van der Waals surface area contributed by atoms with Crippen molar-refractivity contribution in [1.82, 2.24) is 5.32 Å². The third-order valence-corrected chi connectivity index (χ3v) is 4.08. The fraction of sp³-hybridized carbons (Fsp3) is 0.533. The first-order chi connectivity index (χ1) is 10.8. The summed E-state index contributed by atoms with van der Waals surface area (Å²) in [4.78, 5) is 10.8. The number of anilines is 1. The van der Waals surface area contributed by atoms with Gasteiger partial charge in [-0.1, -0.05) is 13.8 Å². The Morgan fingerprint density at radius 3 is 2.70 bits per heavy atom. The lowest BCUT2D eigenvalue weighted by molar-refractivity contribution is -0.384. The molecule has 0 bridgehead atoms. The molecule has 0 aliphatic rings. The molecule has 8 heteroatoms. The standard InChI is InChI=1S/C15H21IN4O3/c1-15(2,9-18-4-5-23-3)10-19-14-12(16)6-11(8-17)7-13(14)20(21)22/h6-7,18-19H,4-5,9-10H2,1-3H3. The van der Waals surface area contributed by atoms with Gasteiger partial charge in [0.15, 0.2) is 0 Å². The van der Waals surface area contributed by atoms with Crippen LogP contribution in [0.1, 0.15) is 19.4 Å². The van der Waals surface area contributed by atoms with E-state index in [2.05, 4.69) is 24.5 Å². The molecule has 0 heterocycles. The van der Waals surface area contributed by atoms with Crippen molar-refractivity contribution in [2.24, 2.45) is 5.41 Å². The van der Waals surface area contributed by atoms with Crippen LogP contribution in [0.4, 0.5) is 11.4 Å². The second-order valence-electron chi connectivity index (χ2n) is 5.91. The van der Waals surface area contributed by atoms with E-state index >= 15 is 0 Å². The molecular weight excluding hydrogens is 411 g/mol. The number of nitro benzene ring substituents is 1. The van der Waals surface area contributed by atoms with E-state index in [1.165, 1.54) is 6.07 Å². The first-order valence-corrected chi connectivity index (χ1v) is 8.20. The number of hydrogen-bond donors (Lipinski definition) is 2. The van der Waals surface area contributed by atoms with Crippen LogP contribution in [0, 0.1) is 30.4 Å². The Labute approximate surface area is 149 Å². The van der Waals surface area contributed by atoms with Gasteiger partial charge in [-0.3, -0.25) is 10.1 Å². The first kappa shape index (κ1) is 19.6. The second kappa shape index (κ2) is 9.00. The Morgan fingerprint density at radius 2 is 2.13 bits per heavy atom. The van der Waals surface area contributed by atoms with Gasteiger partial charge in [0.2, 0.25) is 0 Å². The number of ether oxygens (including phenoxy) is 1. The first-order valence-electron chi connectivity index (χ1n) is 7.12. The fourth-order valence-electron chi connectivity index (χ4n) is 1.97. The van der Waals surface area contributed by atoms with Crippen molar-refractivity contribution in [1.29, 1.82) is 5.26 Å². The van der Waals surface area contributed by atoms with Crippen LogP contribution >= 0.6 is 22.6 Å². The number of rotatable bonds is 9. The lowest BCUT2D eigenvalue weighted by atomic mass is 9.93. The van der Waals surface area contributed by atoms with Crippen molar-refractivity contribution in [3.05, 3.63) is 31.4 Å². The third kappa shape index (κ3) is 6.29. The molecule has 2 N–H and O–H groups in total. The molecule has 23 heavy (non-hydrogen) atoms. The zero-order chi connectivity index (χ0) is 17.5. The largest absolute Gasteiger partial charge is 0.383 e. The molecule has 0 aliphatic carbocycles. The maximum atomic E-state index is 11.2. The van der Waals surface area contributed by atoms with Crippen molar-refractivity contribution < 1.29 is 9.66 Å². The van der Waals surface area contributed by atoms with Gasteiger partial charge in [0.05, 0.1) is 23.2 Å². The van der Waals surface area contributed by atoms with Gasteiger partial charge in [-0.2, -0.15) is 5.26 Å². The van der Waals surface area contributed by atoms with E-state index in [0.717, 1.165) is 13.1 Å². The number of nitriles is 1. The zero-order valence-corrected chi connectivity index (χ0v) is 15.6. The minimum absolute atomic E-state index is 0.0726. The molecule has 1 aromatic carbocycles. The molecule has 1 rings (SSSR count). The van der Waals surface area contributed by atoms with Crippen LogP contribution in [0.3, 0.4) is 0 Å². The molecule has 0 atom stereocenters. The summed E-state index contributed by atoms with van der Waals surface area (Å²) in [6, 6.07) is 4.88. The van der Waals surface area contributed by atoms with Gasteiger partial charge in [0.25, 0.3) is 5.69 Å². The Morgan fingerprint density at radius 1 is 1.43 bits per heavy atom. The molecule has 0 saturated carbocycles. The van der Waals surface area contributed by atoms with Crippen molar-refractivity contribution >= 4 is 34.0 Å². The van der Waals surface area contributed by atoms with Crippen LogP contribution in [-0.2, 0) is 4.74 Å². The highest BCUT2D eigenvalue weighted by Gasteiger charge is 2.22. The van der Waals surface area contributed by atoms with Crippen LogP contribution < -0.4 is 10.6 Å². The Hall–Kier alpha value is -1.44. The van der Waals surface area contributed by atoms with E-state index in [9.17, 15) is 10.1 Å². The Bertz CT molecular complexity index is 599. The van der Waals surface area contributed by atoms with Crippen LogP contribution in [0.15, 0.2) is 12.1 Å². The van der Waals surface area contributed by atoms with Gasteiger partial charge >= 0.3 is 0 Å². The molecule has 0 aliphatic heterocycles. The van der Waals surface area contributed by atoms with Crippen molar-refractivity contribution in [3.8, 4) is 6.07 Å². The molecule has 126 valence electrons. The summed E-state index contributed by atoms with van der Waals surface area (Å²) < 4.78 is 5.65. The Balaban J connectivity index is 2.80. The lowest BCUT2D eigenvalue weighted by Crippen LogP contribution is -2.36. The summed E-state index contributed by atoms with van der Waals surface area (Å²) in [5.74, 6) is 0. The Kier molecular flexibility index (Phi) is 7.67. The molecule has 0 aromatic heterocycles. The predicted molar refractivity (Wildman–Crippen MR) is 97.5 cm³/mol. The molecule has 0 amide bonds. The normalized spacial score (nSPS) is 11.1. The lowest BCUT2D eigenvalue weighted by Gasteiger charge is -2.26. The molecule has 0 spiro atoms. The SMILES string of the molecule is COCCNCC(C)(C)CNc1c(I)cc(C#N)cc1[N+](=O)[O-]. The average Bonchev–Trinajstić information content (AvgIpc) is 2.49. The summed E-state index contributed by atoms with van der Waals surface area (Å²) in [5, 5.41) is 26.6. The van der Waals surface area contributed by atoms with E-state index in [1.54, 1.807) is 13.2 Å². The number of nitrogens with zero attached hydrogens (tertiary/aromatic N) is 2. The minimum atomic E-state index is -0.463. The number of benzene rings is 1. The summed E-state index contributed by atoms with van der Waals surface area (Å²) in [6.07, 6.45) is 0. The van der Waals surface area contributed by atoms with Crippen molar-refractivity contribution in [3.63, 3.8) is 0 Å². The number of nitrogens with one attached hydrogen (secondary N) is 2. The minimum Gasteiger partial charge on any atom is -0.383 e. The monoisotopic (exact) mass is 432 g/mol. The van der Waals surface area contributed by atoms with E-state index in [0.29, 0.717) is 22.4 Å². The highest BCUT2D eigenvalue weighted by Crippen LogP contribution is 2.32.